The summed E-state index contributed by atoms with van der Waals surface area (Å²) in [5.41, 5.74) is 2.11. The van der Waals surface area contributed by atoms with E-state index in [1.807, 2.05) is 13.8 Å². The van der Waals surface area contributed by atoms with Crippen molar-refractivity contribution < 1.29 is 9.53 Å². The van der Waals surface area contributed by atoms with Gasteiger partial charge in [-0.15, -0.1) is 16.4 Å². The predicted octanol–water partition coefficient (Wildman–Crippen LogP) is 3.24. The van der Waals surface area contributed by atoms with E-state index in [0.717, 1.165) is 34.5 Å². The van der Waals surface area contributed by atoms with E-state index in [2.05, 4.69) is 22.3 Å². The molecule has 1 amide bonds. The Labute approximate surface area is 162 Å². The molecule has 0 saturated heterocycles. The number of thiophene rings is 1. The van der Waals surface area contributed by atoms with Crippen molar-refractivity contribution in [3.63, 3.8) is 0 Å². The number of ether oxygens (including phenoxy) is 1. The summed E-state index contributed by atoms with van der Waals surface area (Å²) < 4.78 is 7.01. The summed E-state index contributed by atoms with van der Waals surface area (Å²) >= 11 is 1.76. The number of aryl methyl sites for hydroxylation is 2. The van der Waals surface area contributed by atoms with Gasteiger partial charge in [0.25, 0.3) is 5.91 Å². The van der Waals surface area contributed by atoms with Crippen molar-refractivity contribution in [3.8, 4) is 0 Å². The van der Waals surface area contributed by atoms with Gasteiger partial charge in [0.2, 0.25) is 5.82 Å². The molecule has 8 heteroatoms. The van der Waals surface area contributed by atoms with Gasteiger partial charge in [0, 0.05) is 24.6 Å². The highest BCUT2D eigenvalue weighted by atomic mass is 32.1. The number of nitrogens with zero attached hydrogens (tertiary/aromatic N) is 4. The quantitative estimate of drug-likeness (QED) is 0.657. The van der Waals surface area contributed by atoms with Crippen molar-refractivity contribution in [2.24, 2.45) is 0 Å². The molecule has 1 N–H and O–H groups in total. The van der Waals surface area contributed by atoms with Crippen LogP contribution < -0.4 is 5.32 Å². The van der Waals surface area contributed by atoms with E-state index in [1.165, 1.54) is 23.3 Å². The van der Waals surface area contributed by atoms with Gasteiger partial charge < -0.3 is 10.1 Å². The van der Waals surface area contributed by atoms with Gasteiger partial charge in [0.1, 0.15) is 10.7 Å². The molecule has 27 heavy (non-hydrogen) atoms. The minimum atomic E-state index is -0.250. The second-order valence-electron chi connectivity index (χ2n) is 7.05. The number of hydrogen-bond acceptors (Lipinski definition) is 6. The highest BCUT2D eigenvalue weighted by molar-refractivity contribution is 7.19. The Balaban J connectivity index is 1.69. The fourth-order valence-electron chi connectivity index (χ4n) is 3.78. The topological polar surface area (TPSA) is 81.4 Å². The van der Waals surface area contributed by atoms with Crippen molar-refractivity contribution in [2.45, 2.75) is 52.4 Å². The largest absolute Gasteiger partial charge is 0.382 e. The van der Waals surface area contributed by atoms with Crippen molar-refractivity contribution in [1.29, 1.82) is 0 Å². The van der Waals surface area contributed by atoms with Gasteiger partial charge in [-0.25, -0.2) is 9.97 Å². The van der Waals surface area contributed by atoms with Crippen LogP contribution in [0.2, 0.25) is 0 Å². The molecule has 0 spiro atoms. The van der Waals surface area contributed by atoms with Crippen LogP contribution in [0.4, 0.5) is 0 Å². The van der Waals surface area contributed by atoms with Crippen molar-refractivity contribution in [3.05, 3.63) is 22.1 Å². The SMILES string of the molecule is CCOCCCNC(=O)c1nc2c3c4c(sc3nc(C)n2n1)CCC[C@H]4C. The summed E-state index contributed by atoms with van der Waals surface area (Å²) in [5.74, 6) is 1.20. The molecule has 0 unspecified atom stereocenters. The molecule has 1 atom stereocenters. The first-order valence-corrected chi connectivity index (χ1v) is 10.5. The van der Waals surface area contributed by atoms with E-state index < -0.39 is 0 Å². The summed E-state index contributed by atoms with van der Waals surface area (Å²) in [6.07, 6.45) is 4.28. The molecule has 0 aliphatic heterocycles. The molecule has 0 bridgehead atoms. The number of rotatable bonds is 6. The smallest absolute Gasteiger partial charge is 0.290 e. The summed E-state index contributed by atoms with van der Waals surface area (Å²) in [6, 6.07) is 0. The number of nitrogens with one attached hydrogen (secondary N) is 1. The second kappa shape index (κ2) is 7.52. The standard InChI is InChI=1S/C19H25N5O2S/c1-4-26-10-6-9-20-18(25)16-22-17-15-14-11(2)7-5-8-13(14)27-19(15)21-12(3)24(17)23-16/h11H,4-10H2,1-3H3,(H,20,25)/t11-/m1/s1. The van der Waals surface area contributed by atoms with Crippen LogP contribution in [-0.4, -0.2) is 45.2 Å². The first kappa shape index (κ1) is 18.3. The van der Waals surface area contributed by atoms with Crippen LogP contribution in [0.25, 0.3) is 15.9 Å². The summed E-state index contributed by atoms with van der Waals surface area (Å²) in [5, 5.41) is 8.39. The number of carbonyl (C=O) groups excluding carboxylic acids is 1. The molecule has 7 nitrogen and oxygen atoms in total. The fraction of sp³-hybridized carbons (Fsp3) is 0.579. The first-order valence-electron chi connectivity index (χ1n) is 9.64. The number of hydrogen-bond donors (Lipinski definition) is 1. The van der Waals surface area contributed by atoms with E-state index in [0.29, 0.717) is 25.7 Å². The summed E-state index contributed by atoms with van der Waals surface area (Å²) in [4.78, 5) is 24.2. The molecule has 0 fully saturated rings. The third-order valence-electron chi connectivity index (χ3n) is 5.10. The minimum Gasteiger partial charge on any atom is -0.382 e. The highest BCUT2D eigenvalue weighted by Crippen LogP contribution is 2.42. The Bertz CT molecular complexity index is 993. The lowest BCUT2D eigenvalue weighted by Crippen LogP contribution is -2.26. The maximum Gasteiger partial charge on any atom is 0.290 e. The van der Waals surface area contributed by atoms with Gasteiger partial charge in [0.05, 0.1) is 5.39 Å². The van der Waals surface area contributed by atoms with Gasteiger partial charge >= 0.3 is 0 Å². The third kappa shape index (κ3) is 3.32. The molecule has 3 aromatic heterocycles. The van der Waals surface area contributed by atoms with Gasteiger partial charge in [-0.2, -0.15) is 4.52 Å². The zero-order valence-corrected chi connectivity index (χ0v) is 16.9. The molecule has 3 aromatic rings. The lowest BCUT2D eigenvalue weighted by molar-refractivity contribution is 0.0934. The Hall–Kier alpha value is -2.06. The molecular formula is C19H25N5O2S. The maximum absolute atomic E-state index is 12.5. The Morgan fingerprint density at radius 1 is 1.41 bits per heavy atom. The number of amides is 1. The molecule has 0 saturated carbocycles. The van der Waals surface area contributed by atoms with Gasteiger partial charge in [-0.05, 0) is 51.0 Å². The van der Waals surface area contributed by atoms with E-state index in [4.69, 9.17) is 9.72 Å². The average Bonchev–Trinajstić information content (AvgIpc) is 3.23. The second-order valence-corrected chi connectivity index (χ2v) is 8.13. The first-order chi connectivity index (χ1) is 13.1. The average molecular weight is 388 g/mol. The van der Waals surface area contributed by atoms with Gasteiger partial charge in [-0.3, -0.25) is 4.79 Å². The monoisotopic (exact) mass is 387 g/mol. The molecule has 0 radical (unpaired) electrons. The van der Waals surface area contributed by atoms with Crippen LogP contribution in [0.1, 0.15) is 65.9 Å². The Morgan fingerprint density at radius 3 is 3.07 bits per heavy atom. The molecule has 4 rings (SSSR count). The Kier molecular flexibility index (Phi) is 5.10. The molecule has 1 aliphatic carbocycles. The van der Waals surface area contributed by atoms with E-state index in [1.54, 1.807) is 15.9 Å². The zero-order valence-electron chi connectivity index (χ0n) is 16.0. The molecule has 1 aliphatic rings. The van der Waals surface area contributed by atoms with E-state index in [9.17, 15) is 4.79 Å². The molecule has 144 valence electrons. The van der Waals surface area contributed by atoms with Crippen LogP contribution in [0.3, 0.4) is 0 Å². The van der Waals surface area contributed by atoms with Crippen molar-refractivity contribution in [2.75, 3.05) is 19.8 Å². The van der Waals surface area contributed by atoms with Crippen molar-refractivity contribution >= 4 is 33.1 Å². The normalized spacial score (nSPS) is 16.8. The highest BCUT2D eigenvalue weighted by Gasteiger charge is 2.26. The van der Waals surface area contributed by atoms with Crippen LogP contribution >= 0.6 is 11.3 Å². The third-order valence-corrected chi connectivity index (χ3v) is 6.26. The van der Waals surface area contributed by atoms with Crippen LogP contribution in [0, 0.1) is 6.92 Å². The van der Waals surface area contributed by atoms with Gasteiger partial charge in [-0.1, -0.05) is 6.92 Å². The fourth-order valence-corrected chi connectivity index (χ4v) is 5.16. The van der Waals surface area contributed by atoms with Crippen molar-refractivity contribution in [1.82, 2.24) is 24.9 Å². The number of fused-ring (bicyclic) bond motifs is 5. The maximum atomic E-state index is 12.5. The zero-order chi connectivity index (χ0) is 19.0. The van der Waals surface area contributed by atoms with Gasteiger partial charge in [0.15, 0.2) is 5.65 Å². The molecular weight excluding hydrogens is 362 g/mol. The molecule has 3 heterocycles. The molecule has 0 aromatic carbocycles. The van der Waals surface area contributed by atoms with Crippen LogP contribution in [-0.2, 0) is 11.2 Å². The van der Waals surface area contributed by atoms with Crippen LogP contribution in [0.5, 0.6) is 0 Å². The van der Waals surface area contributed by atoms with Crippen LogP contribution in [0.15, 0.2) is 0 Å². The summed E-state index contributed by atoms with van der Waals surface area (Å²) in [7, 11) is 0. The Morgan fingerprint density at radius 2 is 2.26 bits per heavy atom. The number of carbonyl (C=O) groups is 1. The van der Waals surface area contributed by atoms with E-state index >= 15 is 0 Å². The summed E-state index contributed by atoms with van der Waals surface area (Å²) in [6.45, 7) is 8.01. The minimum absolute atomic E-state index is 0.201. The lowest BCUT2D eigenvalue weighted by Gasteiger charge is -2.18. The number of aromatic nitrogens is 4. The lowest BCUT2D eigenvalue weighted by atomic mass is 9.87. The predicted molar refractivity (Wildman–Crippen MR) is 106 cm³/mol. The van der Waals surface area contributed by atoms with E-state index in [-0.39, 0.29) is 11.7 Å².